The van der Waals surface area contributed by atoms with E-state index < -0.39 is 15.7 Å². The van der Waals surface area contributed by atoms with Gasteiger partial charge >= 0.3 is 5.97 Å². The number of carbonyl (C=O) groups is 1. The topological polar surface area (TPSA) is 97.4 Å². The lowest BCUT2D eigenvalue weighted by Crippen LogP contribution is -2.23. The fraction of sp³-hybridized carbons (Fsp3) is 0.950. The summed E-state index contributed by atoms with van der Waals surface area (Å²) in [6.45, 7) is 9.25. The Morgan fingerprint density at radius 1 is 0.690 bits per heavy atom. The van der Waals surface area contributed by atoms with E-state index >= 15 is 0 Å². The minimum absolute atomic E-state index is 0.165. The molecule has 9 heteroatoms. The number of hydrogen-bond donors (Lipinski definition) is 0. The molecule has 8 nitrogen and oxygen atoms in total. The van der Waals surface area contributed by atoms with E-state index in [2.05, 4.69) is 4.18 Å². The summed E-state index contributed by atoms with van der Waals surface area (Å²) in [4.78, 5) is 11.5. The van der Waals surface area contributed by atoms with Gasteiger partial charge in [0.1, 0.15) is 5.60 Å². The monoisotopic (exact) mass is 440 g/mol. The van der Waals surface area contributed by atoms with Crippen LogP contribution >= 0.6 is 0 Å². The van der Waals surface area contributed by atoms with Gasteiger partial charge in [-0.05, 0) is 46.5 Å². The summed E-state index contributed by atoms with van der Waals surface area (Å²) < 4.78 is 47.8. The van der Waals surface area contributed by atoms with Crippen molar-refractivity contribution >= 4 is 16.1 Å². The summed E-state index contributed by atoms with van der Waals surface area (Å²) in [7, 11) is -3.32. The van der Waals surface area contributed by atoms with E-state index in [-0.39, 0.29) is 12.6 Å². The van der Waals surface area contributed by atoms with Crippen molar-refractivity contribution in [2.45, 2.75) is 71.3 Å². The maximum absolute atomic E-state index is 11.5. The summed E-state index contributed by atoms with van der Waals surface area (Å²) in [5.41, 5.74) is -0.425. The van der Waals surface area contributed by atoms with Crippen molar-refractivity contribution in [2.75, 3.05) is 52.5 Å². The van der Waals surface area contributed by atoms with Crippen LogP contribution in [0.4, 0.5) is 0 Å². The van der Waals surface area contributed by atoms with E-state index in [0.29, 0.717) is 46.1 Å². The lowest BCUT2D eigenvalue weighted by molar-refractivity contribution is -0.154. The summed E-state index contributed by atoms with van der Waals surface area (Å²) >= 11 is 0. The molecule has 0 aromatic rings. The van der Waals surface area contributed by atoms with Crippen LogP contribution in [0.3, 0.4) is 0 Å². The molecule has 0 saturated carbocycles. The molecule has 0 bridgehead atoms. The van der Waals surface area contributed by atoms with E-state index in [0.717, 1.165) is 44.8 Å². The second-order valence-electron chi connectivity index (χ2n) is 7.82. The van der Waals surface area contributed by atoms with Gasteiger partial charge in [0.25, 0.3) is 10.1 Å². The second kappa shape index (κ2) is 17.0. The third-order valence-electron chi connectivity index (χ3n) is 3.56. The van der Waals surface area contributed by atoms with Gasteiger partial charge in [0.2, 0.25) is 0 Å². The van der Waals surface area contributed by atoms with E-state index in [4.69, 9.17) is 18.9 Å². The van der Waals surface area contributed by atoms with Crippen molar-refractivity contribution in [3.05, 3.63) is 0 Å². The number of ether oxygens (including phenoxy) is 4. The van der Waals surface area contributed by atoms with E-state index in [1.807, 2.05) is 20.8 Å². The quantitative estimate of drug-likeness (QED) is 0.172. The fourth-order valence-electron chi connectivity index (χ4n) is 2.28. The Bertz CT molecular complexity index is 499. The average Bonchev–Trinajstić information content (AvgIpc) is 2.58. The zero-order valence-corrected chi connectivity index (χ0v) is 19.4. The average molecular weight is 441 g/mol. The summed E-state index contributed by atoms with van der Waals surface area (Å²) in [6.07, 6.45) is 6.63. The Morgan fingerprint density at radius 3 is 1.62 bits per heavy atom. The molecule has 0 spiro atoms. The minimum Gasteiger partial charge on any atom is -0.460 e. The van der Waals surface area contributed by atoms with E-state index in [1.165, 1.54) is 0 Å². The highest BCUT2D eigenvalue weighted by Gasteiger charge is 2.15. The van der Waals surface area contributed by atoms with Crippen LogP contribution < -0.4 is 0 Å². The van der Waals surface area contributed by atoms with Crippen LogP contribution in [0, 0.1) is 0 Å². The first-order valence-corrected chi connectivity index (χ1v) is 12.2. The van der Waals surface area contributed by atoms with E-state index in [9.17, 15) is 13.2 Å². The van der Waals surface area contributed by atoms with Gasteiger partial charge in [-0.1, -0.05) is 12.8 Å². The summed E-state index contributed by atoms with van der Waals surface area (Å²) in [5, 5.41) is 0. The van der Waals surface area contributed by atoms with Gasteiger partial charge in [-0.25, -0.2) is 0 Å². The molecule has 174 valence electrons. The van der Waals surface area contributed by atoms with Gasteiger partial charge in [-0.3, -0.25) is 8.98 Å². The maximum atomic E-state index is 11.5. The number of rotatable bonds is 19. The van der Waals surface area contributed by atoms with Crippen LogP contribution in [0.2, 0.25) is 0 Å². The molecule has 29 heavy (non-hydrogen) atoms. The Balaban J connectivity index is 3.18. The highest BCUT2D eigenvalue weighted by Crippen LogP contribution is 2.09. The normalized spacial score (nSPS) is 12.3. The minimum atomic E-state index is -3.32. The van der Waals surface area contributed by atoms with Gasteiger partial charge in [0.05, 0.1) is 39.3 Å². The molecule has 0 amide bonds. The Labute approximate surface area is 176 Å². The molecular formula is C20H40O8S. The third-order valence-corrected chi connectivity index (χ3v) is 4.16. The van der Waals surface area contributed by atoms with Crippen molar-refractivity contribution in [3.8, 4) is 0 Å². The summed E-state index contributed by atoms with van der Waals surface area (Å²) in [5.74, 6) is -0.165. The molecule has 0 aliphatic carbocycles. The van der Waals surface area contributed by atoms with Crippen LogP contribution in [0.25, 0.3) is 0 Å². The molecule has 0 aromatic carbocycles. The predicted octanol–water partition coefficient (Wildman–Crippen LogP) is 3.08. The predicted molar refractivity (Wildman–Crippen MR) is 111 cm³/mol. The Morgan fingerprint density at radius 2 is 1.14 bits per heavy atom. The van der Waals surface area contributed by atoms with Gasteiger partial charge in [-0.2, -0.15) is 8.42 Å². The number of carbonyl (C=O) groups excluding carboxylic acids is 1. The van der Waals surface area contributed by atoms with Crippen molar-refractivity contribution < 1.29 is 36.3 Å². The fourth-order valence-corrected chi connectivity index (χ4v) is 2.70. The highest BCUT2D eigenvalue weighted by molar-refractivity contribution is 7.85. The molecule has 0 radical (unpaired) electrons. The first-order valence-electron chi connectivity index (χ1n) is 10.4. The largest absolute Gasteiger partial charge is 0.460 e. The molecular weight excluding hydrogens is 400 g/mol. The molecule has 0 aliphatic heterocycles. The molecule has 0 N–H and O–H groups in total. The van der Waals surface area contributed by atoms with Crippen LogP contribution in [-0.4, -0.2) is 72.5 Å². The van der Waals surface area contributed by atoms with Crippen LogP contribution in [0.1, 0.15) is 65.7 Å². The zero-order valence-electron chi connectivity index (χ0n) is 18.6. The Hall–Kier alpha value is -0.740. The molecule has 0 fully saturated rings. The van der Waals surface area contributed by atoms with Gasteiger partial charge in [0, 0.05) is 19.6 Å². The molecule has 0 heterocycles. The Kier molecular flexibility index (Phi) is 16.6. The summed E-state index contributed by atoms with van der Waals surface area (Å²) in [6, 6.07) is 0. The zero-order chi connectivity index (χ0) is 22.0. The standard InChI is InChI=1S/C20H40O8S/c1-20(2,3)28-19(21)11-7-10-13-25-16-18-26-17-15-24-12-8-5-6-9-14-27-29(4,22)23/h5-18H2,1-4H3. The third kappa shape index (κ3) is 25.2. The van der Waals surface area contributed by atoms with Crippen LogP contribution in [0.5, 0.6) is 0 Å². The molecule has 0 aliphatic rings. The number of unbranched alkanes of at least 4 members (excludes halogenated alkanes) is 4. The smallest absolute Gasteiger partial charge is 0.306 e. The number of esters is 1. The lowest BCUT2D eigenvalue weighted by Gasteiger charge is -2.19. The second-order valence-corrected chi connectivity index (χ2v) is 9.46. The van der Waals surface area contributed by atoms with Crippen LogP contribution in [0.15, 0.2) is 0 Å². The molecule has 0 unspecified atom stereocenters. The highest BCUT2D eigenvalue weighted by atomic mass is 32.2. The van der Waals surface area contributed by atoms with Crippen LogP contribution in [-0.2, 0) is 38.0 Å². The van der Waals surface area contributed by atoms with Crippen molar-refractivity contribution in [1.82, 2.24) is 0 Å². The molecule has 0 atom stereocenters. The van der Waals surface area contributed by atoms with Crippen molar-refractivity contribution in [2.24, 2.45) is 0 Å². The maximum Gasteiger partial charge on any atom is 0.306 e. The van der Waals surface area contributed by atoms with Crippen molar-refractivity contribution in [3.63, 3.8) is 0 Å². The molecule has 0 rings (SSSR count). The van der Waals surface area contributed by atoms with Gasteiger partial charge < -0.3 is 18.9 Å². The van der Waals surface area contributed by atoms with Crippen molar-refractivity contribution in [1.29, 1.82) is 0 Å². The number of hydrogen-bond acceptors (Lipinski definition) is 8. The van der Waals surface area contributed by atoms with Gasteiger partial charge in [0.15, 0.2) is 0 Å². The molecule has 0 saturated heterocycles. The first-order chi connectivity index (χ1) is 13.6. The van der Waals surface area contributed by atoms with Gasteiger partial charge in [-0.15, -0.1) is 0 Å². The van der Waals surface area contributed by atoms with E-state index in [1.54, 1.807) is 0 Å². The molecule has 0 aromatic heterocycles. The lowest BCUT2D eigenvalue weighted by atomic mass is 10.2. The first kappa shape index (κ1) is 28.3. The SMILES string of the molecule is CC(C)(C)OC(=O)CCCCOCCOCCOCCCCCCOS(C)(=O)=O.